The number of hydrogen-bond donors (Lipinski definition) is 1. The summed E-state index contributed by atoms with van der Waals surface area (Å²) in [5.74, 6) is 2.74. The fraction of sp³-hybridized carbons (Fsp3) is 0.611. The Hall–Kier alpha value is -1.55. The van der Waals surface area contributed by atoms with Crippen molar-refractivity contribution in [2.24, 2.45) is 0 Å². The molecule has 2 aromatic heterocycles. The van der Waals surface area contributed by atoms with Crippen LogP contribution in [-0.2, 0) is 5.54 Å². The van der Waals surface area contributed by atoms with Crippen LogP contribution in [0.1, 0.15) is 69.5 Å². The standard InChI is InChI=1S/C18H28N2O2/c1-13(2)16-10-19-20(11-16)18(5,12-21)9-8-14(3)17-7-6-15(4)22-17/h6-7,10-11,13-14,21H,8-9,12H2,1-5H3. The molecule has 0 aliphatic carbocycles. The normalized spacial score (nSPS) is 16.0. The molecule has 0 spiro atoms. The molecule has 2 heterocycles. The monoisotopic (exact) mass is 304 g/mol. The van der Waals surface area contributed by atoms with E-state index in [0.29, 0.717) is 11.8 Å². The van der Waals surface area contributed by atoms with Gasteiger partial charge in [-0.25, -0.2) is 0 Å². The van der Waals surface area contributed by atoms with E-state index in [1.54, 1.807) is 0 Å². The minimum atomic E-state index is -0.372. The van der Waals surface area contributed by atoms with Crippen molar-refractivity contribution in [3.05, 3.63) is 41.6 Å². The molecular weight excluding hydrogens is 276 g/mol. The van der Waals surface area contributed by atoms with Crippen LogP contribution in [0.4, 0.5) is 0 Å². The van der Waals surface area contributed by atoms with E-state index in [2.05, 4.69) is 39.0 Å². The third-order valence-electron chi connectivity index (χ3n) is 4.53. The Labute approximate surface area is 133 Å². The smallest absolute Gasteiger partial charge is 0.106 e. The Balaban J connectivity index is 2.06. The third kappa shape index (κ3) is 3.61. The Kier molecular flexibility index (Phi) is 5.12. The van der Waals surface area contributed by atoms with Crippen molar-refractivity contribution in [2.45, 2.75) is 64.8 Å². The number of furan rings is 1. The van der Waals surface area contributed by atoms with E-state index >= 15 is 0 Å². The fourth-order valence-electron chi connectivity index (χ4n) is 2.58. The Morgan fingerprint density at radius 2 is 2.05 bits per heavy atom. The van der Waals surface area contributed by atoms with E-state index in [9.17, 15) is 5.11 Å². The maximum atomic E-state index is 9.89. The third-order valence-corrected chi connectivity index (χ3v) is 4.53. The fourth-order valence-corrected chi connectivity index (χ4v) is 2.58. The van der Waals surface area contributed by atoms with Crippen molar-refractivity contribution in [1.82, 2.24) is 9.78 Å². The molecule has 4 nitrogen and oxygen atoms in total. The van der Waals surface area contributed by atoms with Crippen LogP contribution in [0.25, 0.3) is 0 Å². The maximum absolute atomic E-state index is 9.89. The van der Waals surface area contributed by atoms with Gasteiger partial charge < -0.3 is 9.52 Å². The Morgan fingerprint density at radius 1 is 1.32 bits per heavy atom. The van der Waals surface area contributed by atoms with Crippen molar-refractivity contribution >= 4 is 0 Å². The zero-order valence-electron chi connectivity index (χ0n) is 14.3. The molecule has 0 aliphatic heterocycles. The van der Waals surface area contributed by atoms with Gasteiger partial charge in [0.2, 0.25) is 0 Å². The van der Waals surface area contributed by atoms with Crippen molar-refractivity contribution in [1.29, 1.82) is 0 Å². The predicted octanol–water partition coefficient (Wildman–Crippen LogP) is 4.20. The summed E-state index contributed by atoms with van der Waals surface area (Å²) in [6, 6.07) is 4.04. The van der Waals surface area contributed by atoms with Crippen LogP contribution in [0, 0.1) is 6.92 Å². The molecule has 0 fully saturated rings. The first-order valence-corrected chi connectivity index (χ1v) is 8.08. The predicted molar refractivity (Wildman–Crippen MR) is 88.1 cm³/mol. The lowest BCUT2D eigenvalue weighted by Gasteiger charge is -2.29. The van der Waals surface area contributed by atoms with Crippen LogP contribution in [-0.4, -0.2) is 21.5 Å². The molecule has 0 saturated heterocycles. The quantitative estimate of drug-likeness (QED) is 0.834. The Bertz CT molecular complexity index is 600. The first kappa shape index (κ1) is 16.8. The van der Waals surface area contributed by atoms with Crippen molar-refractivity contribution < 1.29 is 9.52 Å². The van der Waals surface area contributed by atoms with E-state index in [-0.39, 0.29) is 12.1 Å². The topological polar surface area (TPSA) is 51.2 Å². The van der Waals surface area contributed by atoms with Gasteiger partial charge in [0, 0.05) is 12.1 Å². The van der Waals surface area contributed by atoms with E-state index < -0.39 is 0 Å². The molecule has 0 aromatic carbocycles. The summed E-state index contributed by atoms with van der Waals surface area (Å²) in [6.45, 7) is 10.6. The minimum Gasteiger partial charge on any atom is -0.466 e. The molecule has 0 bridgehead atoms. The summed E-state index contributed by atoms with van der Waals surface area (Å²) in [7, 11) is 0. The molecule has 22 heavy (non-hydrogen) atoms. The number of aliphatic hydroxyl groups excluding tert-OH is 1. The molecule has 0 aliphatic rings. The summed E-state index contributed by atoms with van der Waals surface area (Å²) in [6.07, 6.45) is 5.75. The van der Waals surface area contributed by atoms with Gasteiger partial charge in [-0.05, 0) is 50.3 Å². The van der Waals surface area contributed by atoms with Gasteiger partial charge in [0.15, 0.2) is 0 Å². The van der Waals surface area contributed by atoms with Gasteiger partial charge in [-0.3, -0.25) is 4.68 Å². The highest BCUT2D eigenvalue weighted by Gasteiger charge is 2.28. The van der Waals surface area contributed by atoms with Crippen molar-refractivity contribution in [3.63, 3.8) is 0 Å². The molecule has 122 valence electrons. The van der Waals surface area contributed by atoms with Crippen LogP contribution in [0.3, 0.4) is 0 Å². The molecule has 1 N–H and O–H groups in total. The highest BCUT2D eigenvalue weighted by atomic mass is 16.3. The number of aliphatic hydroxyl groups is 1. The van der Waals surface area contributed by atoms with Gasteiger partial charge in [0.1, 0.15) is 11.5 Å². The highest BCUT2D eigenvalue weighted by Crippen LogP contribution is 2.30. The Morgan fingerprint density at radius 3 is 2.55 bits per heavy atom. The number of hydrogen-bond acceptors (Lipinski definition) is 3. The molecule has 0 saturated carbocycles. The van der Waals surface area contributed by atoms with Crippen LogP contribution >= 0.6 is 0 Å². The SMILES string of the molecule is Cc1ccc(C(C)CCC(C)(CO)n2cc(C(C)C)cn2)o1. The lowest BCUT2D eigenvalue weighted by Crippen LogP contribution is -2.35. The molecule has 2 rings (SSSR count). The van der Waals surface area contributed by atoms with E-state index in [0.717, 1.165) is 24.4 Å². The van der Waals surface area contributed by atoms with E-state index in [4.69, 9.17) is 4.42 Å². The van der Waals surface area contributed by atoms with Crippen LogP contribution in [0.5, 0.6) is 0 Å². The van der Waals surface area contributed by atoms with E-state index in [1.807, 2.05) is 29.9 Å². The second-order valence-corrected chi connectivity index (χ2v) is 6.92. The lowest BCUT2D eigenvalue weighted by molar-refractivity contribution is 0.121. The number of nitrogens with zero attached hydrogens (tertiary/aromatic N) is 2. The van der Waals surface area contributed by atoms with Crippen molar-refractivity contribution in [2.75, 3.05) is 6.61 Å². The van der Waals surface area contributed by atoms with Crippen LogP contribution in [0.15, 0.2) is 28.9 Å². The first-order chi connectivity index (χ1) is 10.4. The maximum Gasteiger partial charge on any atom is 0.106 e. The molecule has 0 amide bonds. The van der Waals surface area contributed by atoms with Gasteiger partial charge in [0.25, 0.3) is 0 Å². The molecule has 2 aromatic rings. The van der Waals surface area contributed by atoms with Gasteiger partial charge in [-0.15, -0.1) is 0 Å². The molecular formula is C18H28N2O2. The number of aromatic nitrogens is 2. The molecule has 4 heteroatoms. The summed E-state index contributed by atoms with van der Waals surface area (Å²) in [5.41, 5.74) is 0.831. The van der Waals surface area contributed by atoms with Gasteiger partial charge in [-0.1, -0.05) is 20.8 Å². The van der Waals surface area contributed by atoms with Crippen molar-refractivity contribution in [3.8, 4) is 0 Å². The number of rotatable bonds is 7. The summed E-state index contributed by atoms with van der Waals surface area (Å²) in [4.78, 5) is 0. The largest absolute Gasteiger partial charge is 0.466 e. The average molecular weight is 304 g/mol. The summed E-state index contributed by atoms with van der Waals surface area (Å²) >= 11 is 0. The minimum absolute atomic E-state index is 0.0795. The summed E-state index contributed by atoms with van der Waals surface area (Å²) < 4.78 is 7.62. The highest BCUT2D eigenvalue weighted by molar-refractivity contribution is 5.11. The number of aryl methyl sites for hydroxylation is 1. The molecule has 2 atom stereocenters. The van der Waals surface area contributed by atoms with Gasteiger partial charge in [0.05, 0.1) is 18.3 Å². The zero-order valence-corrected chi connectivity index (χ0v) is 14.3. The van der Waals surface area contributed by atoms with Gasteiger partial charge in [-0.2, -0.15) is 5.10 Å². The van der Waals surface area contributed by atoms with E-state index in [1.165, 1.54) is 5.56 Å². The van der Waals surface area contributed by atoms with Crippen LogP contribution in [0.2, 0.25) is 0 Å². The lowest BCUT2D eigenvalue weighted by atomic mass is 9.91. The zero-order chi connectivity index (χ0) is 16.3. The molecule has 0 radical (unpaired) electrons. The first-order valence-electron chi connectivity index (χ1n) is 8.08. The second-order valence-electron chi connectivity index (χ2n) is 6.92. The average Bonchev–Trinajstić information content (AvgIpc) is 3.13. The second kappa shape index (κ2) is 6.69. The summed E-state index contributed by atoms with van der Waals surface area (Å²) in [5, 5.41) is 14.4. The van der Waals surface area contributed by atoms with Gasteiger partial charge >= 0.3 is 0 Å². The van der Waals surface area contributed by atoms with Crippen LogP contribution < -0.4 is 0 Å². The molecule has 2 unspecified atom stereocenters.